The molecule has 3 aromatic rings. The molecule has 1 aromatic heterocycles. The molecule has 1 heterocycles. The van der Waals surface area contributed by atoms with Gasteiger partial charge in [-0.1, -0.05) is 48.5 Å². The Balaban J connectivity index is 1.42. The zero-order valence-corrected chi connectivity index (χ0v) is 16.3. The highest BCUT2D eigenvalue weighted by atomic mass is 16.6. The summed E-state index contributed by atoms with van der Waals surface area (Å²) in [7, 11) is 0. The lowest BCUT2D eigenvalue weighted by Crippen LogP contribution is -2.18. The number of fused-ring (bicyclic) bond motifs is 1. The predicted molar refractivity (Wildman–Crippen MR) is 110 cm³/mol. The lowest BCUT2D eigenvalue weighted by Gasteiger charge is -2.22. The zero-order chi connectivity index (χ0) is 20.2. The van der Waals surface area contributed by atoms with E-state index in [4.69, 9.17) is 9.47 Å². The quantitative estimate of drug-likeness (QED) is 0.499. The van der Waals surface area contributed by atoms with Crippen molar-refractivity contribution in [3.05, 3.63) is 88.7 Å². The number of carbonyl (C=O) groups is 2. The second kappa shape index (κ2) is 8.35. The number of rotatable bonds is 6. The van der Waals surface area contributed by atoms with Gasteiger partial charge in [-0.05, 0) is 42.5 Å². The Morgan fingerprint density at radius 1 is 1.00 bits per heavy atom. The molecule has 29 heavy (non-hydrogen) atoms. The van der Waals surface area contributed by atoms with E-state index in [9.17, 15) is 9.59 Å². The molecule has 0 fully saturated rings. The molecular formula is C24H23NO4. The van der Waals surface area contributed by atoms with Gasteiger partial charge in [0.25, 0.3) is 0 Å². The number of H-pyrrole nitrogens is 1. The van der Waals surface area contributed by atoms with Crippen molar-refractivity contribution in [1.29, 1.82) is 0 Å². The molecular weight excluding hydrogens is 366 g/mol. The molecule has 1 atom stereocenters. The summed E-state index contributed by atoms with van der Waals surface area (Å²) >= 11 is 0. The van der Waals surface area contributed by atoms with E-state index in [1.165, 1.54) is 0 Å². The molecule has 0 saturated carbocycles. The number of esters is 1. The minimum absolute atomic E-state index is 0.0697. The summed E-state index contributed by atoms with van der Waals surface area (Å²) in [6.45, 7) is 2.20. The van der Waals surface area contributed by atoms with E-state index in [1.54, 1.807) is 6.92 Å². The fraction of sp³-hybridized carbons (Fsp3) is 0.250. The van der Waals surface area contributed by atoms with Gasteiger partial charge in [0.2, 0.25) is 0 Å². The number of para-hydroxylation sites is 1. The van der Waals surface area contributed by atoms with Gasteiger partial charge in [0.1, 0.15) is 24.7 Å². The van der Waals surface area contributed by atoms with E-state index in [1.807, 2.05) is 60.7 Å². The van der Waals surface area contributed by atoms with E-state index in [0.717, 1.165) is 17.0 Å². The topological polar surface area (TPSA) is 68.4 Å². The fourth-order valence-electron chi connectivity index (χ4n) is 3.88. The average Bonchev–Trinajstić information content (AvgIpc) is 3.09. The van der Waals surface area contributed by atoms with Gasteiger partial charge in [-0.3, -0.25) is 4.79 Å². The van der Waals surface area contributed by atoms with Crippen molar-refractivity contribution in [2.75, 3.05) is 13.2 Å². The van der Waals surface area contributed by atoms with Gasteiger partial charge in [-0.15, -0.1) is 0 Å². The van der Waals surface area contributed by atoms with Crippen LogP contribution in [0.1, 0.15) is 50.0 Å². The average molecular weight is 389 g/mol. The molecule has 148 valence electrons. The first-order chi connectivity index (χ1) is 14.1. The number of aromatic amines is 1. The summed E-state index contributed by atoms with van der Waals surface area (Å²) < 4.78 is 10.9. The number of ketones is 1. The molecule has 1 aliphatic rings. The van der Waals surface area contributed by atoms with Gasteiger partial charge in [0.05, 0.1) is 0 Å². The smallest absolute Gasteiger partial charge is 0.355 e. The maximum atomic E-state index is 12.8. The zero-order valence-electron chi connectivity index (χ0n) is 16.3. The third-order valence-corrected chi connectivity index (χ3v) is 5.29. The second-order valence-electron chi connectivity index (χ2n) is 7.22. The second-order valence-corrected chi connectivity index (χ2v) is 7.22. The molecule has 0 spiro atoms. The summed E-state index contributed by atoms with van der Waals surface area (Å²) in [6, 6.07) is 19.4. The molecule has 0 unspecified atom stereocenters. The van der Waals surface area contributed by atoms with Crippen LogP contribution >= 0.6 is 0 Å². The largest absolute Gasteiger partial charge is 0.490 e. The molecule has 0 amide bonds. The van der Waals surface area contributed by atoms with Crippen molar-refractivity contribution >= 4 is 11.8 Å². The molecule has 0 radical (unpaired) electrons. The summed E-state index contributed by atoms with van der Waals surface area (Å²) in [5.41, 5.74) is 3.63. The van der Waals surface area contributed by atoms with Crippen LogP contribution in [0.15, 0.2) is 60.7 Å². The summed E-state index contributed by atoms with van der Waals surface area (Å²) in [5.74, 6) is 0.461. The van der Waals surface area contributed by atoms with E-state index in [0.29, 0.717) is 29.7 Å². The molecule has 5 heteroatoms. The standard InChI is InChI=1S/C24H23NO4/c1-16-22-20(14-18(15-21(22)26)17-8-4-2-5-9-17)25-23(16)24(27)29-13-12-28-19-10-6-3-7-11-19/h2-11,18,25H,12-15H2,1H3/t18-/m0/s1. The van der Waals surface area contributed by atoms with Crippen molar-refractivity contribution in [2.45, 2.75) is 25.7 Å². The molecule has 2 aromatic carbocycles. The molecule has 0 aliphatic heterocycles. The van der Waals surface area contributed by atoms with E-state index in [-0.39, 0.29) is 24.9 Å². The molecule has 0 bridgehead atoms. The summed E-state index contributed by atoms with van der Waals surface area (Å²) in [6.07, 6.45) is 1.16. The highest BCUT2D eigenvalue weighted by Gasteiger charge is 2.32. The normalized spacial score (nSPS) is 15.6. The Kier molecular flexibility index (Phi) is 5.47. The predicted octanol–water partition coefficient (Wildman–Crippen LogP) is 4.47. The number of carbonyl (C=O) groups excluding carboxylic acids is 2. The maximum absolute atomic E-state index is 12.8. The highest BCUT2D eigenvalue weighted by Crippen LogP contribution is 2.35. The number of hydrogen-bond acceptors (Lipinski definition) is 4. The third-order valence-electron chi connectivity index (χ3n) is 5.29. The van der Waals surface area contributed by atoms with Crippen LogP contribution in [0.25, 0.3) is 0 Å². The Labute approximate surface area is 169 Å². The Hall–Kier alpha value is -3.34. The Morgan fingerprint density at radius 3 is 2.41 bits per heavy atom. The van der Waals surface area contributed by atoms with Crippen molar-refractivity contribution in [3.63, 3.8) is 0 Å². The molecule has 5 nitrogen and oxygen atoms in total. The van der Waals surface area contributed by atoms with Crippen molar-refractivity contribution in [3.8, 4) is 5.75 Å². The first-order valence-corrected chi connectivity index (χ1v) is 9.78. The number of Topliss-reactive ketones (excluding diaryl/α,β-unsaturated/α-hetero) is 1. The van der Waals surface area contributed by atoms with Gasteiger partial charge < -0.3 is 14.5 Å². The first kappa shape index (κ1) is 19.0. The van der Waals surface area contributed by atoms with Crippen molar-refractivity contribution < 1.29 is 19.1 Å². The van der Waals surface area contributed by atoms with Crippen LogP contribution in [0.2, 0.25) is 0 Å². The van der Waals surface area contributed by atoms with E-state index in [2.05, 4.69) is 4.98 Å². The van der Waals surface area contributed by atoms with Crippen LogP contribution in [-0.2, 0) is 11.2 Å². The maximum Gasteiger partial charge on any atom is 0.355 e. The molecule has 1 aliphatic carbocycles. The van der Waals surface area contributed by atoms with Crippen LogP contribution in [-0.4, -0.2) is 30.0 Å². The highest BCUT2D eigenvalue weighted by molar-refractivity contribution is 6.03. The fourth-order valence-corrected chi connectivity index (χ4v) is 3.88. The van der Waals surface area contributed by atoms with Gasteiger partial charge in [-0.2, -0.15) is 0 Å². The molecule has 1 N–H and O–H groups in total. The van der Waals surface area contributed by atoms with Crippen LogP contribution in [0.4, 0.5) is 0 Å². The summed E-state index contributed by atoms with van der Waals surface area (Å²) in [4.78, 5) is 28.4. The lowest BCUT2D eigenvalue weighted by atomic mass is 9.81. The van der Waals surface area contributed by atoms with E-state index < -0.39 is 5.97 Å². The lowest BCUT2D eigenvalue weighted by molar-refractivity contribution is 0.0443. The SMILES string of the molecule is Cc1c(C(=O)OCCOc2ccccc2)[nH]c2c1C(=O)C[C@@H](c1ccccc1)C2. The monoisotopic (exact) mass is 389 g/mol. The van der Waals surface area contributed by atoms with Gasteiger partial charge >= 0.3 is 5.97 Å². The number of nitrogens with one attached hydrogen (secondary N) is 1. The molecule has 4 rings (SSSR count). The van der Waals surface area contributed by atoms with Crippen LogP contribution in [0, 0.1) is 6.92 Å². The van der Waals surface area contributed by atoms with Gasteiger partial charge in [0.15, 0.2) is 5.78 Å². The van der Waals surface area contributed by atoms with Gasteiger partial charge in [0, 0.05) is 17.7 Å². The Morgan fingerprint density at radius 2 is 1.69 bits per heavy atom. The Bertz CT molecular complexity index is 1010. The third kappa shape index (κ3) is 4.09. The van der Waals surface area contributed by atoms with Crippen LogP contribution < -0.4 is 4.74 Å². The van der Waals surface area contributed by atoms with Crippen molar-refractivity contribution in [2.24, 2.45) is 0 Å². The minimum Gasteiger partial charge on any atom is -0.490 e. The van der Waals surface area contributed by atoms with E-state index >= 15 is 0 Å². The van der Waals surface area contributed by atoms with Crippen LogP contribution in [0.5, 0.6) is 5.75 Å². The van der Waals surface area contributed by atoms with Gasteiger partial charge in [-0.25, -0.2) is 4.79 Å². The molecule has 0 saturated heterocycles. The number of ether oxygens (including phenoxy) is 2. The number of hydrogen-bond donors (Lipinski definition) is 1. The number of aromatic nitrogens is 1. The number of benzene rings is 2. The van der Waals surface area contributed by atoms with Crippen molar-refractivity contribution in [1.82, 2.24) is 4.98 Å². The minimum atomic E-state index is -0.461. The first-order valence-electron chi connectivity index (χ1n) is 9.78. The van der Waals surface area contributed by atoms with Crippen LogP contribution in [0.3, 0.4) is 0 Å². The summed E-state index contributed by atoms with van der Waals surface area (Å²) in [5, 5.41) is 0.